The molecule has 1 aromatic rings. The Bertz CT molecular complexity index is 258. The first-order chi connectivity index (χ1) is 7.20. The van der Waals surface area contributed by atoms with E-state index in [-0.39, 0.29) is 0 Å². The monoisotopic (exact) mass is 241 g/mol. The Morgan fingerprint density at radius 3 is 2.13 bits per heavy atom. The molecule has 0 aromatic heterocycles. The fourth-order valence-electron chi connectivity index (χ4n) is 0.729. The number of thiocarbonyl (C=S) groups is 1. The molecule has 0 spiro atoms. The Labute approximate surface area is 102 Å². The highest BCUT2D eigenvalue weighted by molar-refractivity contribution is 8.22. The van der Waals surface area contributed by atoms with Crippen LogP contribution in [0, 0.1) is 0 Å². The molecule has 0 atom stereocenters. The van der Waals surface area contributed by atoms with Gasteiger partial charge in [-0.1, -0.05) is 81.0 Å². The number of benzene rings is 1. The quantitative estimate of drug-likeness (QED) is 0.811. The number of hydrogen-bond donors (Lipinski definition) is 1. The van der Waals surface area contributed by atoms with E-state index < -0.39 is 0 Å². The standard InChI is InChI=1S/C8H9NS2.C4H10/c9-8(10)11-6-7-4-2-1-3-5-7;1-3-4-2/h1-5H,6H2,(H2,9,10);3-4H2,1-2H3. The van der Waals surface area contributed by atoms with Crippen molar-refractivity contribution in [2.75, 3.05) is 0 Å². The van der Waals surface area contributed by atoms with Gasteiger partial charge in [0.1, 0.15) is 4.32 Å². The Hall–Kier alpha value is -0.540. The summed E-state index contributed by atoms with van der Waals surface area (Å²) in [5, 5.41) is 0. The highest BCUT2D eigenvalue weighted by Gasteiger charge is 1.92. The second kappa shape index (κ2) is 9.99. The first kappa shape index (κ1) is 14.5. The minimum Gasteiger partial charge on any atom is -0.385 e. The molecule has 84 valence electrons. The molecule has 1 rings (SSSR count). The van der Waals surface area contributed by atoms with E-state index in [0.29, 0.717) is 4.32 Å². The van der Waals surface area contributed by atoms with Crippen LogP contribution in [0.2, 0.25) is 0 Å². The van der Waals surface area contributed by atoms with E-state index in [0.717, 1.165) is 5.75 Å². The Morgan fingerprint density at radius 2 is 1.73 bits per heavy atom. The lowest BCUT2D eigenvalue weighted by Gasteiger charge is -1.97. The molecule has 0 unspecified atom stereocenters. The lowest BCUT2D eigenvalue weighted by Crippen LogP contribution is -2.01. The van der Waals surface area contributed by atoms with Crippen LogP contribution in [0.15, 0.2) is 30.3 Å². The second-order valence-electron chi connectivity index (χ2n) is 3.09. The lowest BCUT2D eigenvalue weighted by atomic mass is 10.2. The minimum absolute atomic E-state index is 0.508. The van der Waals surface area contributed by atoms with Crippen LogP contribution < -0.4 is 5.73 Å². The first-order valence-electron chi connectivity index (χ1n) is 5.16. The molecule has 0 aliphatic heterocycles. The normalized spacial score (nSPS) is 8.93. The van der Waals surface area contributed by atoms with Gasteiger partial charge < -0.3 is 5.73 Å². The predicted octanol–water partition coefficient (Wildman–Crippen LogP) is 3.97. The Morgan fingerprint density at radius 1 is 1.20 bits per heavy atom. The second-order valence-corrected chi connectivity index (χ2v) is 4.81. The van der Waals surface area contributed by atoms with E-state index in [9.17, 15) is 0 Å². The highest BCUT2D eigenvalue weighted by Crippen LogP contribution is 2.10. The number of unbranched alkanes of at least 4 members (excludes halogenated alkanes) is 1. The van der Waals surface area contributed by atoms with Crippen LogP contribution in [0.25, 0.3) is 0 Å². The van der Waals surface area contributed by atoms with Crippen molar-refractivity contribution in [2.24, 2.45) is 5.73 Å². The summed E-state index contributed by atoms with van der Waals surface area (Å²) in [6.07, 6.45) is 2.64. The van der Waals surface area contributed by atoms with Crippen LogP contribution in [-0.2, 0) is 5.75 Å². The summed E-state index contributed by atoms with van der Waals surface area (Å²) >= 11 is 6.23. The van der Waals surface area contributed by atoms with Crippen molar-refractivity contribution in [3.63, 3.8) is 0 Å². The molecule has 0 saturated heterocycles. The average molecular weight is 241 g/mol. The van der Waals surface area contributed by atoms with Gasteiger partial charge in [0, 0.05) is 5.75 Å². The lowest BCUT2D eigenvalue weighted by molar-refractivity contribution is 0.886. The molecule has 1 nitrogen and oxygen atoms in total. The fourth-order valence-corrected chi connectivity index (χ4v) is 1.41. The SMILES string of the molecule is CCCC.NC(=S)SCc1ccccc1. The third-order valence-corrected chi connectivity index (χ3v) is 2.84. The summed E-state index contributed by atoms with van der Waals surface area (Å²) in [4.78, 5) is 0. The van der Waals surface area contributed by atoms with Gasteiger partial charge in [-0.3, -0.25) is 0 Å². The van der Waals surface area contributed by atoms with Crippen molar-refractivity contribution in [1.82, 2.24) is 0 Å². The molecular weight excluding hydrogens is 222 g/mol. The molecule has 0 radical (unpaired) electrons. The summed E-state index contributed by atoms with van der Waals surface area (Å²) < 4.78 is 0.508. The number of rotatable bonds is 3. The van der Waals surface area contributed by atoms with Gasteiger partial charge in [-0.2, -0.15) is 0 Å². The molecule has 0 heterocycles. The van der Waals surface area contributed by atoms with Gasteiger partial charge in [-0.15, -0.1) is 0 Å². The summed E-state index contributed by atoms with van der Waals surface area (Å²) in [5.41, 5.74) is 6.59. The maximum absolute atomic E-state index is 5.33. The largest absolute Gasteiger partial charge is 0.385 e. The molecule has 15 heavy (non-hydrogen) atoms. The number of hydrogen-bond acceptors (Lipinski definition) is 2. The molecular formula is C12H19NS2. The van der Waals surface area contributed by atoms with Crippen molar-refractivity contribution in [2.45, 2.75) is 32.4 Å². The van der Waals surface area contributed by atoms with E-state index in [1.54, 1.807) is 0 Å². The van der Waals surface area contributed by atoms with Crippen molar-refractivity contribution in [3.8, 4) is 0 Å². The third-order valence-electron chi connectivity index (χ3n) is 1.72. The Kier molecular flexibility index (Phi) is 9.63. The zero-order valence-corrected chi connectivity index (χ0v) is 11.0. The highest BCUT2D eigenvalue weighted by atomic mass is 32.2. The van der Waals surface area contributed by atoms with Crippen LogP contribution in [0.5, 0.6) is 0 Å². The van der Waals surface area contributed by atoms with Crippen molar-refractivity contribution in [3.05, 3.63) is 35.9 Å². The molecule has 0 fully saturated rings. The summed E-state index contributed by atoms with van der Waals surface area (Å²) in [6.45, 7) is 4.36. The van der Waals surface area contributed by atoms with E-state index in [1.165, 1.54) is 30.2 Å². The summed E-state index contributed by atoms with van der Waals surface area (Å²) in [6, 6.07) is 10.1. The summed E-state index contributed by atoms with van der Waals surface area (Å²) in [7, 11) is 0. The van der Waals surface area contributed by atoms with E-state index in [4.69, 9.17) is 18.0 Å². The Balaban J connectivity index is 0.000000423. The molecule has 2 N–H and O–H groups in total. The zero-order valence-electron chi connectivity index (χ0n) is 9.40. The molecule has 0 bridgehead atoms. The molecule has 0 aliphatic carbocycles. The minimum atomic E-state index is 0.508. The van der Waals surface area contributed by atoms with Gasteiger partial charge in [0.2, 0.25) is 0 Å². The molecule has 0 amide bonds. The summed E-state index contributed by atoms with van der Waals surface area (Å²) in [5.74, 6) is 0.871. The first-order valence-corrected chi connectivity index (χ1v) is 6.56. The number of thioether (sulfide) groups is 1. The maximum Gasteiger partial charge on any atom is 0.131 e. The van der Waals surface area contributed by atoms with Gasteiger partial charge in [-0.05, 0) is 5.56 Å². The van der Waals surface area contributed by atoms with Crippen LogP contribution in [-0.4, -0.2) is 4.32 Å². The van der Waals surface area contributed by atoms with Gasteiger partial charge in [0.15, 0.2) is 0 Å². The molecule has 0 saturated carbocycles. The molecule has 3 heteroatoms. The number of nitrogens with two attached hydrogens (primary N) is 1. The smallest absolute Gasteiger partial charge is 0.131 e. The molecule has 1 aromatic carbocycles. The van der Waals surface area contributed by atoms with Gasteiger partial charge >= 0.3 is 0 Å². The van der Waals surface area contributed by atoms with Crippen LogP contribution in [0.3, 0.4) is 0 Å². The van der Waals surface area contributed by atoms with Crippen LogP contribution in [0.4, 0.5) is 0 Å². The van der Waals surface area contributed by atoms with Gasteiger partial charge in [-0.25, -0.2) is 0 Å². The van der Waals surface area contributed by atoms with E-state index in [1.807, 2.05) is 18.2 Å². The fraction of sp³-hybridized carbons (Fsp3) is 0.417. The van der Waals surface area contributed by atoms with Crippen molar-refractivity contribution in [1.29, 1.82) is 0 Å². The predicted molar refractivity (Wildman–Crippen MR) is 75.1 cm³/mol. The zero-order chi connectivity index (χ0) is 11.5. The van der Waals surface area contributed by atoms with Crippen LogP contribution >= 0.6 is 24.0 Å². The van der Waals surface area contributed by atoms with Crippen LogP contribution in [0.1, 0.15) is 32.3 Å². The van der Waals surface area contributed by atoms with E-state index >= 15 is 0 Å². The van der Waals surface area contributed by atoms with Gasteiger partial charge in [0.25, 0.3) is 0 Å². The third kappa shape index (κ3) is 9.76. The maximum atomic E-state index is 5.33. The topological polar surface area (TPSA) is 26.0 Å². The van der Waals surface area contributed by atoms with Gasteiger partial charge in [0.05, 0.1) is 0 Å². The van der Waals surface area contributed by atoms with E-state index in [2.05, 4.69) is 26.0 Å². The van der Waals surface area contributed by atoms with Crippen molar-refractivity contribution >= 4 is 28.3 Å². The molecule has 0 aliphatic rings. The van der Waals surface area contributed by atoms with Crippen molar-refractivity contribution < 1.29 is 0 Å². The average Bonchev–Trinajstić information content (AvgIpc) is 2.28.